The maximum Gasteiger partial charge on any atom is 0.323 e. The van der Waals surface area contributed by atoms with Crippen molar-refractivity contribution in [2.45, 2.75) is 43.8 Å². The number of ether oxygens (including phenoxy) is 1. The molecule has 8 nitrogen and oxygen atoms in total. The summed E-state index contributed by atoms with van der Waals surface area (Å²) in [6.45, 7) is 0.808. The van der Waals surface area contributed by atoms with Crippen molar-refractivity contribution >= 4 is 12.3 Å². The van der Waals surface area contributed by atoms with Crippen LogP contribution in [0.2, 0.25) is 0 Å². The van der Waals surface area contributed by atoms with Crippen LogP contribution in [0, 0.1) is 0 Å². The lowest BCUT2D eigenvalue weighted by molar-refractivity contribution is -0.176. The van der Waals surface area contributed by atoms with Gasteiger partial charge >= 0.3 is 5.97 Å². The molecule has 0 saturated heterocycles. The summed E-state index contributed by atoms with van der Waals surface area (Å²) in [6, 6.07) is -0.959. The lowest BCUT2D eigenvalue weighted by Gasteiger charge is -2.28. The Kier molecular flexibility index (Phi) is 7.64. The van der Waals surface area contributed by atoms with Crippen LogP contribution in [0.1, 0.15) is 13.3 Å². The lowest BCUT2D eigenvalue weighted by Crippen LogP contribution is -2.50. The molecular weight excluding hydrogens is 246 g/mol. The number of aliphatic hydroxyl groups excluding tert-OH is 4. The molecule has 0 aromatic heterocycles. The SMILES string of the molecule is CCC(N)C(=O)O[C@@H]([C@H](O)[C@@H](O)C=O)[C@H](O)CO. The average Bonchev–Trinajstić information content (AvgIpc) is 2.40. The van der Waals surface area contributed by atoms with Gasteiger partial charge in [-0.25, -0.2) is 0 Å². The number of hydrogen-bond donors (Lipinski definition) is 5. The highest BCUT2D eigenvalue weighted by molar-refractivity contribution is 5.75. The fourth-order valence-corrected chi connectivity index (χ4v) is 1.14. The van der Waals surface area contributed by atoms with Gasteiger partial charge in [0.2, 0.25) is 0 Å². The molecular formula is C10H19NO7. The Morgan fingerprint density at radius 2 is 1.94 bits per heavy atom. The van der Waals surface area contributed by atoms with Crippen molar-refractivity contribution in [3.8, 4) is 0 Å². The van der Waals surface area contributed by atoms with Gasteiger partial charge in [-0.3, -0.25) is 4.79 Å². The second-order valence-electron chi connectivity index (χ2n) is 3.78. The van der Waals surface area contributed by atoms with E-state index < -0.39 is 43.0 Å². The van der Waals surface area contributed by atoms with E-state index in [4.69, 9.17) is 20.7 Å². The molecule has 0 saturated carbocycles. The zero-order valence-electron chi connectivity index (χ0n) is 9.97. The third-order valence-corrected chi connectivity index (χ3v) is 2.39. The van der Waals surface area contributed by atoms with Crippen LogP contribution in [0.5, 0.6) is 0 Å². The fourth-order valence-electron chi connectivity index (χ4n) is 1.14. The minimum absolute atomic E-state index is 0.0232. The Hall–Kier alpha value is -1.06. The van der Waals surface area contributed by atoms with E-state index in [-0.39, 0.29) is 12.7 Å². The van der Waals surface area contributed by atoms with Crippen molar-refractivity contribution in [3.63, 3.8) is 0 Å². The maximum atomic E-state index is 11.4. The summed E-state index contributed by atoms with van der Waals surface area (Å²) in [5.74, 6) is -0.910. The molecule has 0 spiro atoms. The first-order valence-electron chi connectivity index (χ1n) is 5.45. The van der Waals surface area contributed by atoms with Crippen molar-refractivity contribution < 1.29 is 34.8 Å². The number of rotatable bonds is 8. The summed E-state index contributed by atoms with van der Waals surface area (Å²) < 4.78 is 4.70. The number of aldehydes is 1. The Bertz CT molecular complexity index is 273. The molecule has 0 aromatic rings. The van der Waals surface area contributed by atoms with Crippen molar-refractivity contribution in [2.24, 2.45) is 5.73 Å². The Balaban J connectivity index is 4.79. The summed E-state index contributed by atoms with van der Waals surface area (Å²) in [4.78, 5) is 21.7. The molecule has 0 aromatic carbocycles. The zero-order chi connectivity index (χ0) is 14.3. The number of aliphatic hydroxyl groups is 4. The van der Waals surface area contributed by atoms with Gasteiger partial charge in [-0.05, 0) is 6.42 Å². The summed E-state index contributed by atoms with van der Waals surface area (Å²) in [5.41, 5.74) is 5.38. The first kappa shape index (κ1) is 16.9. The second-order valence-corrected chi connectivity index (χ2v) is 3.78. The molecule has 0 aliphatic carbocycles. The van der Waals surface area contributed by atoms with Crippen LogP contribution in [0.25, 0.3) is 0 Å². The van der Waals surface area contributed by atoms with Crippen LogP contribution in [-0.2, 0) is 14.3 Å². The van der Waals surface area contributed by atoms with Crippen LogP contribution < -0.4 is 5.73 Å². The molecule has 0 aliphatic heterocycles. The van der Waals surface area contributed by atoms with Crippen molar-refractivity contribution in [1.29, 1.82) is 0 Å². The lowest BCUT2D eigenvalue weighted by atomic mass is 10.0. The molecule has 0 heterocycles. The van der Waals surface area contributed by atoms with Gasteiger partial charge in [0, 0.05) is 0 Å². The van der Waals surface area contributed by atoms with E-state index in [0.717, 1.165) is 0 Å². The quantitative estimate of drug-likeness (QED) is 0.229. The minimum atomic E-state index is -1.85. The van der Waals surface area contributed by atoms with Gasteiger partial charge in [0.25, 0.3) is 0 Å². The standard InChI is InChI=1S/C10H19NO7/c1-2-5(11)10(17)18-9(7(15)4-13)8(16)6(14)3-12/h3,5-9,13-16H,2,4,11H2,1H3/t5?,6-,7+,8+,9+/m0/s1. The van der Waals surface area contributed by atoms with Crippen LogP contribution in [-0.4, -0.2) is 69.7 Å². The second kappa shape index (κ2) is 8.11. The molecule has 0 fully saturated rings. The van der Waals surface area contributed by atoms with Crippen LogP contribution in [0.15, 0.2) is 0 Å². The highest BCUT2D eigenvalue weighted by atomic mass is 16.6. The Morgan fingerprint density at radius 1 is 1.39 bits per heavy atom. The molecule has 0 bridgehead atoms. The number of esters is 1. The molecule has 0 rings (SSSR count). The zero-order valence-corrected chi connectivity index (χ0v) is 9.97. The molecule has 6 N–H and O–H groups in total. The van der Waals surface area contributed by atoms with Gasteiger partial charge in [-0.2, -0.15) is 0 Å². The van der Waals surface area contributed by atoms with Crippen LogP contribution in [0.4, 0.5) is 0 Å². The highest BCUT2D eigenvalue weighted by Crippen LogP contribution is 2.10. The number of carbonyl (C=O) groups excluding carboxylic acids is 2. The third kappa shape index (κ3) is 4.67. The number of hydrogen-bond acceptors (Lipinski definition) is 8. The van der Waals surface area contributed by atoms with Crippen molar-refractivity contribution in [3.05, 3.63) is 0 Å². The Morgan fingerprint density at radius 3 is 2.33 bits per heavy atom. The van der Waals surface area contributed by atoms with Gasteiger partial charge < -0.3 is 35.7 Å². The molecule has 1 unspecified atom stereocenters. The van der Waals surface area contributed by atoms with Crippen LogP contribution in [0.3, 0.4) is 0 Å². The predicted molar refractivity (Wildman–Crippen MR) is 59.3 cm³/mol. The van der Waals surface area contributed by atoms with E-state index in [2.05, 4.69) is 0 Å². The van der Waals surface area contributed by atoms with Crippen LogP contribution >= 0.6 is 0 Å². The molecule has 18 heavy (non-hydrogen) atoms. The summed E-state index contributed by atoms with van der Waals surface area (Å²) in [5, 5.41) is 36.8. The third-order valence-electron chi connectivity index (χ3n) is 2.39. The molecule has 5 atom stereocenters. The molecule has 0 amide bonds. The smallest absolute Gasteiger partial charge is 0.323 e. The van der Waals surface area contributed by atoms with E-state index in [0.29, 0.717) is 0 Å². The Labute approximate surface area is 104 Å². The largest absolute Gasteiger partial charge is 0.455 e. The summed E-state index contributed by atoms with van der Waals surface area (Å²) in [7, 11) is 0. The van der Waals surface area contributed by atoms with E-state index in [1.165, 1.54) is 0 Å². The fraction of sp³-hybridized carbons (Fsp3) is 0.800. The van der Waals surface area contributed by atoms with E-state index in [1.807, 2.05) is 0 Å². The number of carbonyl (C=O) groups is 2. The molecule has 0 aliphatic rings. The maximum absolute atomic E-state index is 11.4. The monoisotopic (exact) mass is 265 g/mol. The molecule has 0 radical (unpaired) electrons. The van der Waals surface area contributed by atoms with Gasteiger partial charge in [0.1, 0.15) is 24.4 Å². The van der Waals surface area contributed by atoms with Crippen molar-refractivity contribution in [1.82, 2.24) is 0 Å². The number of nitrogens with two attached hydrogens (primary N) is 1. The van der Waals surface area contributed by atoms with E-state index in [1.54, 1.807) is 6.92 Å². The van der Waals surface area contributed by atoms with Gasteiger partial charge in [0.15, 0.2) is 12.4 Å². The average molecular weight is 265 g/mol. The van der Waals surface area contributed by atoms with Gasteiger partial charge in [-0.1, -0.05) is 6.92 Å². The van der Waals surface area contributed by atoms with E-state index in [9.17, 15) is 19.8 Å². The topological polar surface area (TPSA) is 150 Å². The summed E-state index contributed by atoms with van der Waals surface area (Å²) in [6.07, 6.45) is -6.68. The van der Waals surface area contributed by atoms with Gasteiger partial charge in [-0.15, -0.1) is 0 Å². The van der Waals surface area contributed by atoms with Crippen molar-refractivity contribution in [2.75, 3.05) is 6.61 Å². The normalized spacial score (nSPS) is 19.4. The minimum Gasteiger partial charge on any atom is -0.455 e. The first-order chi connectivity index (χ1) is 8.38. The van der Waals surface area contributed by atoms with E-state index >= 15 is 0 Å². The molecule has 106 valence electrons. The molecule has 8 heteroatoms. The predicted octanol–water partition coefficient (Wildman–Crippen LogP) is -3.09. The summed E-state index contributed by atoms with van der Waals surface area (Å²) >= 11 is 0. The first-order valence-corrected chi connectivity index (χ1v) is 5.45. The van der Waals surface area contributed by atoms with Gasteiger partial charge in [0.05, 0.1) is 6.61 Å². The highest BCUT2D eigenvalue weighted by Gasteiger charge is 2.35.